The molecule has 24 heavy (non-hydrogen) atoms. The summed E-state index contributed by atoms with van der Waals surface area (Å²) in [4.78, 5) is 8.68. The van der Waals surface area contributed by atoms with Crippen LogP contribution in [0.2, 0.25) is 5.28 Å². The van der Waals surface area contributed by atoms with Crippen LogP contribution in [0.4, 0.5) is 0 Å². The van der Waals surface area contributed by atoms with Gasteiger partial charge in [-0.05, 0) is 54.1 Å². The summed E-state index contributed by atoms with van der Waals surface area (Å²) in [5, 5.41) is 10.0. The zero-order valence-electron chi connectivity index (χ0n) is 12.4. The van der Waals surface area contributed by atoms with Gasteiger partial charge in [0.2, 0.25) is 5.28 Å². The van der Waals surface area contributed by atoms with Crippen LogP contribution in [0, 0.1) is 11.3 Å². The Hall–Kier alpha value is -3.16. The fourth-order valence-electron chi connectivity index (χ4n) is 2.62. The average Bonchev–Trinajstić information content (AvgIpc) is 3.15. The Morgan fingerprint density at radius 2 is 1.75 bits per heavy atom. The lowest BCUT2D eigenvalue weighted by molar-refractivity contribution is 0.582. The summed E-state index contributed by atoms with van der Waals surface area (Å²) in [5.41, 5.74) is 3.89. The molecule has 0 radical (unpaired) electrons. The molecule has 0 spiro atoms. The highest BCUT2D eigenvalue weighted by Gasteiger charge is 2.11. The molecule has 0 aliphatic rings. The summed E-state index contributed by atoms with van der Waals surface area (Å²) >= 11 is 6.08. The fourth-order valence-corrected chi connectivity index (χ4v) is 2.79. The predicted molar refractivity (Wildman–Crippen MR) is 92.4 cm³/mol. The maximum Gasteiger partial charge on any atom is 0.223 e. The highest BCUT2D eigenvalue weighted by atomic mass is 35.5. The van der Waals surface area contributed by atoms with E-state index in [0.29, 0.717) is 5.56 Å². The number of furan rings is 1. The molecule has 0 bridgehead atoms. The van der Waals surface area contributed by atoms with E-state index in [9.17, 15) is 0 Å². The van der Waals surface area contributed by atoms with E-state index in [4.69, 9.17) is 21.3 Å². The Balaban J connectivity index is 1.95. The van der Waals surface area contributed by atoms with Crippen molar-refractivity contribution in [3.8, 4) is 28.7 Å². The molecule has 0 unspecified atom stereocenters. The van der Waals surface area contributed by atoms with Gasteiger partial charge < -0.3 is 4.42 Å². The van der Waals surface area contributed by atoms with Gasteiger partial charge >= 0.3 is 0 Å². The molecule has 0 fully saturated rings. The average molecular weight is 332 g/mol. The van der Waals surface area contributed by atoms with Crippen LogP contribution in [0.15, 0.2) is 65.3 Å². The normalized spacial score (nSPS) is 10.7. The van der Waals surface area contributed by atoms with Crippen LogP contribution < -0.4 is 0 Å². The van der Waals surface area contributed by atoms with Gasteiger partial charge in [0.1, 0.15) is 5.76 Å². The zero-order chi connectivity index (χ0) is 16.5. The highest BCUT2D eigenvalue weighted by molar-refractivity contribution is 6.28. The third kappa shape index (κ3) is 2.51. The minimum atomic E-state index is 0.188. The van der Waals surface area contributed by atoms with Gasteiger partial charge in [0, 0.05) is 16.5 Å². The number of rotatable bonds is 2. The fraction of sp³-hybridized carbons (Fsp3) is 0. The quantitative estimate of drug-likeness (QED) is 0.480. The van der Waals surface area contributed by atoms with Crippen molar-refractivity contribution < 1.29 is 4.42 Å². The maximum absolute atomic E-state index is 8.95. The van der Waals surface area contributed by atoms with Crippen molar-refractivity contribution in [2.24, 2.45) is 0 Å². The second-order valence-corrected chi connectivity index (χ2v) is 5.58. The van der Waals surface area contributed by atoms with Crippen LogP contribution in [-0.2, 0) is 0 Å². The van der Waals surface area contributed by atoms with Gasteiger partial charge in [-0.15, -0.1) is 0 Å². The monoisotopic (exact) mass is 331 g/mol. The van der Waals surface area contributed by atoms with Crippen LogP contribution in [0.5, 0.6) is 0 Å². The third-order valence-electron chi connectivity index (χ3n) is 3.76. The molecule has 2 aromatic heterocycles. The van der Waals surface area contributed by atoms with Gasteiger partial charge in [0.05, 0.1) is 29.1 Å². The first-order valence-electron chi connectivity index (χ1n) is 7.26. The van der Waals surface area contributed by atoms with Gasteiger partial charge in [0.25, 0.3) is 0 Å². The number of nitriles is 1. The van der Waals surface area contributed by atoms with E-state index in [0.717, 1.165) is 33.5 Å². The molecular formula is C19H10ClN3O. The van der Waals surface area contributed by atoms with Gasteiger partial charge in [-0.1, -0.05) is 12.1 Å². The van der Waals surface area contributed by atoms with Crippen LogP contribution in [0.3, 0.4) is 0 Å². The number of benzene rings is 2. The molecule has 0 aliphatic carbocycles. The number of aromatic nitrogens is 2. The van der Waals surface area contributed by atoms with Gasteiger partial charge in [-0.3, -0.25) is 0 Å². The molecule has 0 saturated carbocycles. The van der Waals surface area contributed by atoms with Crippen molar-refractivity contribution in [3.05, 3.63) is 71.7 Å². The molecule has 0 N–H and O–H groups in total. The summed E-state index contributed by atoms with van der Waals surface area (Å²) in [7, 11) is 0. The Kier molecular flexibility index (Phi) is 3.49. The van der Waals surface area contributed by atoms with E-state index < -0.39 is 0 Å². The SMILES string of the molecule is N#Cc1ccc(-c2nc(Cl)nc3ccc(-c4ccco4)cc23)cc1. The first-order valence-corrected chi connectivity index (χ1v) is 7.64. The second-order valence-electron chi connectivity index (χ2n) is 5.24. The lowest BCUT2D eigenvalue weighted by Gasteiger charge is -2.08. The predicted octanol–water partition coefficient (Wildman–Crippen LogP) is 5.08. The van der Waals surface area contributed by atoms with Gasteiger partial charge in [-0.25, -0.2) is 9.97 Å². The number of halogens is 1. The summed E-state index contributed by atoms with van der Waals surface area (Å²) in [5.74, 6) is 0.776. The number of hydrogen-bond donors (Lipinski definition) is 0. The van der Waals surface area contributed by atoms with Crippen molar-refractivity contribution in [1.29, 1.82) is 5.26 Å². The van der Waals surface area contributed by atoms with Gasteiger partial charge in [0.15, 0.2) is 0 Å². The van der Waals surface area contributed by atoms with Crippen LogP contribution >= 0.6 is 11.6 Å². The summed E-state index contributed by atoms with van der Waals surface area (Å²) in [6, 6.07) is 18.9. The minimum Gasteiger partial charge on any atom is -0.464 e. The molecule has 0 amide bonds. The highest BCUT2D eigenvalue weighted by Crippen LogP contribution is 2.31. The Morgan fingerprint density at radius 1 is 0.958 bits per heavy atom. The Bertz CT molecular complexity index is 1060. The first-order chi connectivity index (χ1) is 11.7. The van der Waals surface area contributed by atoms with Crippen molar-refractivity contribution in [3.63, 3.8) is 0 Å². The van der Waals surface area contributed by atoms with E-state index in [2.05, 4.69) is 16.0 Å². The summed E-state index contributed by atoms with van der Waals surface area (Å²) in [6.45, 7) is 0. The second kappa shape index (κ2) is 5.80. The van der Waals surface area contributed by atoms with E-state index in [1.165, 1.54) is 0 Å². The van der Waals surface area contributed by atoms with Crippen LogP contribution in [0.1, 0.15) is 5.56 Å². The molecule has 2 aromatic carbocycles. The van der Waals surface area contributed by atoms with Crippen LogP contribution in [-0.4, -0.2) is 9.97 Å². The molecular weight excluding hydrogens is 322 g/mol. The molecule has 4 aromatic rings. The van der Waals surface area contributed by atoms with Crippen molar-refractivity contribution in [2.45, 2.75) is 0 Å². The molecule has 4 rings (SSSR count). The van der Waals surface area contributed by atoms with Gasteiger partial charge in [-0.2, -0.15) is 5.26 Å². The van der Waals surface area contributed by atoms with E-state index in [1.807, 2.05) is 42.5 Å². The first kappa shape index (κ1) is 14.4. The molecule has 4 nitrogen and oxygen atoms in total. The standard InChI is InChI=1S/C19H10ClN3O/c20-19-22-16-8-7-14(17-2-1-9-24-17)10-15(16)18(23-19)13-5-3-12(11-21)4-6-13/h1-10H. The molecule has 0 aliphatic heterocycles. The molecule has 0 saturated heterocycles. The lowest BCUT2D eigenvalue weighted by atomic mass is 10.0. The smallest absolute Gasteiger partial charge is 0.223 e. The van der Waals surface area contributed by atoms with E-state index in [-0.39, 0.29) is 5.28 Å². The Morgan fingerprint density at radius 3 is 2.46 bits per heavy atom. The maximum atomic E-state index is 8.95. The van der Waals surface area contributed by atoms with Crippen molar-refractivity contribution in [1.82, 2.24) is 9.97 Å². The molecule has 2 heterocycles. The minimum absolute atomic E-state index is 0.188. The third-order valence-corrected chi connectivity index (χ3v) is 3.93. The van der Waals surface area contributed by atoms with E-state index >= 15 is 0 Å². The number of nitrogens with zero attached hydrogens (tertiary/aromatic N) is 3. The van der Waals surface area contributed by atoms with Crippen molar-refractivity contribution in [2.75, 3.05) is 0 Å². The lowest BCUT2D eigenvalue weighted by Crippen LogP contribution is -1.92. The number of hydrogen-bond acceptors (Lipinski definition) is 4. The van der Waals surface area contributed by atoms with E-state index in [1.54, 1.807) is 18.4 Å². The van der Waals surface area contributed by atoms with Crippen LogP contribution in [0.25, 0.3) is 33.5 Å². The summed E-state index contributed by atoms with van der Waals surface area (Å²) in [6.07, 6.45) is 1.64. The topological polar surface area (TPSA) is 62.7 Å². The molecule has 114 valence electrons. The molecule has 0 atom stereocenters. The van der Waals surface area contributed by atoms with Crippen molar-refractivity contribution >= 4 is 22.5 Å². The zero-order valence-corrected chi connectivity index (χ0v) is 13.2. The largest absolute Gasteiger partial charge is 0.464 e. The number of fused-ring (bicyclic) bond motifs is 1. The summed E-state index contributed by atoms with van der Waals surface area (Å²) < 4.78 is 5.47. The Labute approximate surface area is 143 Å². The molecule has 5 heteroatoms.